The van der Waals surface area contributed by atoms with Crippen LogP contribution in [0.25, 0.3) is 11.4 Å². The molecule has 0 radical (unpaired) electrons. The van der Waals surface area contributed by atoms with Crippen LogP contribution in [0.5, 0.6) is 0 Å². The highest BCUT2D eigenvalue weighted by Gasteiger charge is 2.40. The Hall–Kier alpha value is -2.99. The number of carboxylic acid groups (broad SMARTS) is 1. The predicted octanol–water partition coefficient (Wildman–Crippen LogP) is 3.48. The molecule has 1 aromatic heterocycles. The molecule has 1 fully saturated rings. The standard InChI is InChI=1S/C21H21N3O3/c1-14-12-24(13-17(14)21(25)26)18(15-8-4-2-5-9-15)20-22-19(23-27-20)16-10-6-3-7-11-16/h2-11,14,17-18H,12-13H2,1H3,(H,25,26)/t14-,17-,18?/m1/s1. The molecule has 2 heterocycles. The molecule has 138 valence electrons. The Labute approximate surface area is 157 Å². The van der Waals surface area contributed by atoms with Crippen LogP contribution in [0.15, 0.2) is 65.2 Å². The van der Waals surface area contributed by atoms with Gasteiger partial charge in [0.2, 0.25) is 11.7 Å². The van der Waals surface area contributed by atoms with Crippen molar-refractivity contribution in [2.24, 2.45) is 11.8 Å². The van der Waals surface area contributed by atoms with Crippen molar-refractivity contribution >= 4 is 5.97 Å². The van der Waals surface area contributed by atoms with Gasteiger partial charge in [0.25, 0.3) is 0 Å². The minimum atomic E-state index is -0.757. The second kappa shape index (κ2) is 7.32. The minimum absolute atomic E-state index is 0.0604. The number of aliphatic carboxylic acids is 1. The zero-order chi connectivity index (χ0) is 18.8. The molecule has 6 heteroatoms. The number of benzene rings is 2. The predicted molar refractivity (Wildman–Crippen MR) is 99.9 cm³/mol. The fraction of sp³-hybridized carbons (Fsp3) is 0.286. The number of carbonyl (C=O) groups is 1. The molecule has 27 heavy (non-hydrogen) atoms. The molecule has 1 unspecified atom stereocenters. The fourth-order valence-electron chi connectivity index (χ4n) is 3.73. The number of aromatic nitrogens is 2. The zero-order valence-corrected chi connectivity index (χ0v) is 15.0. The maximum Gasteiger partial charge on any atom is 0.308 e. The molecule has 0 aliphatic carbocycles. The van der Waals surface area contributed by atoms with Gasteiger partial charge in [-0.2, -0.15) is 4.98 Å². The van der Waals surface area contributed by atoms with Crippen LogP contribution in [0, 0.1) is 11.8 Å². The lowest BCUT2D eigenvalue weighted by Crippen LogP contribution is -2.29. The van der Waals surface area contributed by atoms with Crippen LogP contribution >= 0.6 is 0 Å². The van der Waals surface area contributed by atoms with Crippen LogP contribution in [-0.4, -0.2) is 39.2 Å². The van der Waals surface area contributed by atoms with Crippen LogP contribution in [0.1, 0.15) is 24.4 Å². The highest BCUT2D eigenvalue weighted by Crippen LogP contribution is 2.35. The zero-order valence-electron chi connectivity index (χ0n) is 15.0. The molecule has 6 nitrogen and oxygen atoms in total. The van der Waals surface area contributed by atoms with Crippen LogP contribution in [0.3, 0.4) is 0 Å². The first-order valence-corrected chi connectivity index (χ1v) is 9.04. The smallest absolute Gasteiger partial charge is 0.308 e. The maximum atomic E-state index is 11.6. The molecule has 2 aromatic carbocycles. The quantitative estimate of drug-likeness (QED) is 0.748. The normalized spacial score (nSPS) is 21.2. The van der Waals surface area contributed by atoms with E-state index in [0.29, 0.717) is 24.8 Å². The molecular formula is C21H21N3O3. The van der Waals surface area contributed by atoms with Crippen LogP contribution < -0.4 is 0 Å². The molecule has 0 bridgehead atoms. The molecule has 0 amide bonds. The number of likely N-dealkylation sites (tertiary alicyclic amines) is 1. The van der Waals surface area contributed by atoms with Gasteiger partial charge in [0.1, 0.15) is 6.04 Å². The molecule has 3 aromatic rings. The van der Waals surface area contributed by atoms with Gasteiger partial charge in [-0.25, -0.2) is 0 Å². The van der Waals surface area contributed by atoms with E-state index < -0.39 is 11.9 Å². The lowest BCUT2D eigenvalue weighted by Gasteiger charge is -2.25. The van der Waals surface area contributed by atoms with Crippen molar-refractivity contribution in [1.29, 1.82) is 0 Å². The number of carboxylic acids is 1. The van der Waals surface area contributed by atoms with Crippen molar-refractivity contribution in [3.05, 3.63) is 72.1 Å². The summed E-state index contributed by atoms with van der Waals surface area (Å²) in [5.41, 5.74) is 1.90. The topological polar surface area (TPSA) is 79.5 Å². The molecule has 1 aliphatic rings. The van der Waals surface area contributed by atoms with Crippen molar-refractivity contribution in [1.82, 2.24) is 15.0 Å². The van der Waals surface area contributed by atoms with E-state index in [4.69, 9.17) is 4.52 Å². The van der Waals surface area contributed by atoms with E-state index in [2.05, 4.69) is 15.0 Å². The van der Waals surface area contributed by atoms with E-state index >= 15 is 0 Å². The Morgan fingerprint density at radius 2 is 1.78 bits per heavy atom. The summed E-state index contributed by atoms with van der Waals surface area (Å²) in [5, 5.41) is 13.6. The van der Waals surface area contributed by atoms with Crippen LogP contribution in [0.4, 0.5) is 0 Å². The first-order valence-electron chi connectivity index (χ1n) is 9.04. The Bertz CT molecular complexity index is 911. The Kier molecular flexibility index (Phi) is 4.73. The summed E-state index contributed by atoms with van der Waals surface area (Å²) in [4.78, 5) is 18.3. The molecule has 1 saturated heterocycles. The van der Waals surface area contributed by atoms with Gasteiger partial charge in [-0.3, -0.25) is 9.69 Å². The average Bonchev–Trinajstić information content (AvgIpc) is 3.31. The second-order valence-corrected chi connectivity index (χ2v) is 7.01. The fourth-order valence-corrected chi connectivity index (χ4v) is 3.73. The average molecular weight is 363 g/mol. The highest BCUT2D eigenvalue weighted by molar-refractivity contribution is 5.71. The van der Waals surface area contributed by atoms with Gasteiger partial charge in [-0.15, -0.1) is 0 Å². The van der Waals surface area contributed by atoms with Crippen LogP contribution in [0.2, 0.25) is 0 Å². The third-order valence-electron chi connectivity index (χ3n) is 5.15. The van der Waals surface area contributed by atoms with Crippen molar-refractivity contribution in [2.45, 2.75) is 13.0 Å². The lowest BCUT2D eigenvalue weighted by atomic mass is 9.99. The lowest BCUT2D eigenvalue weighted by molar-refractivity contribution is -0.142. The molecule has 3 atom stereocenters. The van der Waals surface area contributed by atoms with Crippen molar-refractivity contribution < 1.29 is 14.4 Å². The molecule has 1 aliphatic heterocycles. The Morgan fingerprint density at radius 3 is 2.41 bits per heavy atom. The van der Waals surface area contributed by atoms with Crippen molar-refractivity contribution in [3.8, 4) is 11.4 Å². The minimum Gasteiger partial charge on any atom is -0.481 e. The van der Waals surface area contributed by atoms with Gasteiger partial charge in [-0.05, 0) is 11.5 Å². The second-order valence-electron chi connectivity index (χ2n) is 7.01. The summed E-state index contributed by atoms with van der Waals surface area (Å²) in [5.74, 6) is -0.0721. The molecule has 0 spiro atoms. The summed E-state index contributed by atoms with van der Waals surface area (Å²) in [6.45, 7) is 3.10. The first kappa shape index (κ1) is 17.4. The van der Waals surface area contributed by atoms with Crippen LogP contribution in [-0.2, 0) is 4.79 Å². The molecule has 4 rings (SSSR count). The number of hydrogen-bond donors (Lipinski definition) is 1. The van der Waals surface area contributed by atoms with Crippen molar-refractivity contribution in [2.75, 3.05) is 13.1 Å². The van der Waals surface area contributed by atoms with Gasteiger partial charge >= 0.3 is 5.97 Å². The van der Waals surface area contributed by atoms with E-state index in [-0.39, 0.29) is 12.0 Å². The third kappa shape index (κ3) is 3.48. The summed E-state index contributed by atoms with van der Waals surface area (Å²) in [7, 11) is 0. The van der Waals surface area contributed by atoms with E-state index in [1.807, 2.05) is 67.6 Å². The largest absolute Gasteiger partial charge is 0.481 e. The SMILES string of the molecule is C[C@@H]1CN(C(c2ccccc2)c2nc(-c3ccccc3)no2)C[C@H]1C(=O)O. The summed E-state index contributed by atoms with van der Waals surface area (Å²) in [6.07, 6.45) is 0. The molecule has 0 saturated carbocycles. The van der Waals surface area contributed by atoms with E-state index in [1.54, 1.807) is 0 Å². The van der Waals surface area contributed by atoms with Crippen molar-refractivity contribution in [3.63, 3.8) is 0 Å². The van der Waals surface area contributed by atoms with Gasteiger partial charge in [-0.1, -0.05) is 72.7 Å². The van der Waals surface area contributed by atoms with Gasteiger partial charge in [0, 0.05) is 18.7 Å². The van der Waals surface area contributed by atoms with E-state index in [1.165, 1.54) is 0 Å². The van der Waals surface area contributed by atoms with Gasteiger partial charge in [0.05, 0.1) is 5.92 Å². The van der Waals surface area contributed by atoms with E-state index in [0.717, 1.165) is 11.1 Å². The Balaban J connectivity index is 1.70. The third-order valence-corrected chi connectivity index (χ3v) is 5.15. The molecular weight excluding hydrogens is 342 g/mol. The number of hydrogen-bond acceptors (Lipinski definition) is 5. The summed E-state index contributed by atoms with van der Waals surface area (Å²) >= 11 is 0. The summed E-state index contributed by atoms with van der Waals surface area (Å²) < 4.78 is 5.63. The monoisotopic (exact) mass is 363 g/mol. The first-order chi connectivity index (χ1) is 13.1. The van der Waals surface area contributed by atoms with E-state index in [9.17, 15) is 9.90 Å². The maximum absolute atomic E-state index is 11.6. The number of nitrogens with zero attached hydrogens (tertiary/aromatic N) is 3. The summed E-state index contributed by atoms with van der Waals surface area (Å²) in [6, 6.07) is 19.3. The van der Waals surface area contributed by atoms with Gasteiger partial charge < -0.3 is 9.63 Å². The Morgan fingerprint density at radius 1 is 1.11 bits per heavy atom. The number of rotatable bonds is 5. The molecule has 1 N–H and O–H groups in total. The highest BCUT2D eigenvalue weighted by atomic mass is 16.5. The van der Waals surface area contributed by atoms with Gasteiger partial charge in [0.15, 0.2) is 0 Å².